The Morgan fingerprint density at radius 1 is 1.39 bits per heavy atom. The maximum atomic E-state index is 11.5. The van der Waals surface area contributed by atoms with Crippen LogP contribution in [0.15, 0.2) is 18.3 Å². The van der Waals surface area contributed by atoms with Crippen LogP contribution < -0.4 is 4.74 Å². The number of Topliss-reactive ketones (excluding diaryl/α,β-unsaturated/α-hetero) is 1. The molecule has 0 N–H and O–H groups in total. The second-order valence-corrected chi connectivity index (χ2v) is 4.88. The van der Waals surface area contributed by atoms with Crippen LogP contribution in [-0.2, 0) is 4.74 Å². The van der Waals surface area contributed by atoms with Crippen molar-refractivity contribution >= 4 is 5.78 Å². The van der Waals surface area contributed by atoms with E-state index in [4.69, 9.17) is 9.47 Å². The van der Waals surface area contributed by atoms with E-state index in [0.717, 1.165) is 12.8 Å². The van der Waals surface area contributed by atoms with Crippen molar-refractivity contribution < 1.29 is 14.3 Å². The third kappa shape index (κ3) is 3.07. The van der Waals surface area contributed by atoms with E-state index in [-0.39, 0.29) is 24.1 Å². The lowest BCUT2D eigenvalue weighted by Crippen LogP contribution is -2.36. The Balaban J connectivity index is 2.11. The predicted octanol–water partition coefficient (Wildman–Crippen LogP) is 2.62. The van der Waals surface area contributed by atoms with Crippen molar-refractivity contribution in [3.63, 3.8) is 0 Å². The average Bonchev–Trinajstić information content (AvgIpc) is 2.27. The molecule has 0 aromatic carbocycles. The van der Waals surface area contributed by atoms with E-state index >= 15 is 0 Å². The molecule has 2 heterocycles. The number of ketones is 1. The van der Waals surface area contributed by atoms with Crippen molar-refractivity contribution in [2.24, 2.45) is 0 Å². The van der Waals surface area contributed by atoms with E-state index in [2.05, 4.69) is 4.98 Å². The summed E-state index contributed by atoms with van der Waals surface area (Å²) >= 11 is 0. The highest BCUT2D eigenvalue weighted by molar-refractivity contribution is 5.96. The molecule has 0 spiro atoms. The Morgan fingerprint density at radius 3 is 2.67 bits per heavy atom. The minimum Gasteiger partial charge on any atom is -0.474 e. The molecule has 98 valence electrons. The summed E-state index contributed by atoms with van der Waals surface area (Å²) in [6.07, 6.45) is 3.74. The summed E-state index contributed by atoms with van der Waals surface area (Å²) in [5.74, 6) is 0.419. The van der Waals surface area contributed by atoms with Crippen LogP contribution in [0.4, 0.5) is 0 Å². The van der Waals surface area contributed by atoms with Gasteiger partial charge in [0, 0.05) is 19.0 Å². The summed E-state index contributed by atoms with van der Waals surface area (Å²) in [4.78, 5) is 15.7. The molecular formula is C14H19NO3. The molecule has 0 amide bonds. The van der Waals surface area contributed by atoms with Crippen LogP contribution in [0, 0.1) is 0 Å². The van der Waals surface area contributed by atoms with Crippen molar-refractivity contribution in [3.05, 3.63) is 23.9 Å². The topological polar surface area (TPSA) is 48.4 Å². The van der Waals surface area contributed by atoms with Gasteiger partial charge in [-0.2, -0.15) is 0 Å². The quantitative estimate of drug-likeness (QED) is 0.773. The third-order valence-corrected chi connectivity index (χ3v) is 3.08. The largest absolute Gasteiger partial charge is 0.474 e. The van der Waals surface area contributed by atoms with Crippen LogP contribution >= 0.6 is 0 Å². The van der Waals surface area contributed by atoms with Crippen LogP contribution in [0.5, 0.6) is 5.88 Å². The first kappa shape index (κ1) is 13.0. The first-order valence-corrected chi connectivity index (χ1v) is 6.34. The lowest BCUT2D eigenvalue weighted by molar-refractivity contribution is -0.0730. The summed E-state index contributed by atoms with van der Waals surface area (Å²) in [5.41, 5.74) is 0.546. The van der Waals surface area contributed by atoms with Gasteiger partial charge in [-0.15, -0.1) is 0 Å². The van der Waals surface area contributed by atoms with Crippen molar-refractivity contribution in [1.29, 1.82) is 0 Å². The molecule has 1 aromatic heterocycles. The van der Waals surface area contributed by atoms with Crippen LogP contribution in [0.2, 0.25) is 0 Å². The SMILES string of the molecule is CC(=O)c1cccnc1OC1CC(C)OC(C)C1. The van der Waals surface area contributed by atoms with Gasteiger partial charge in [-0.3, -0.25) is 4.79 Å². The van der Waals surface area contributed by atoms with E-state index in [1.54, 1.807) is 18.3 Å². The maximum absolute atomic E-state index is 11.5. The number of pyridine rings is 1. The molecule has 0 bridgehead atoms. The lowest BCUT2D eigenvalue weighted by Gasteiger charge is -2.32. The number of nitrogens with zero attached hydrogens (tertiary/aromatic N) is 1. The Bertz CT molecular complexity index is 423. The molecule has 0 radical (unpaired) electrons. The molecule has 4 nitrogen and oxygen atoms in total. The van der Waals surface area contributed by atoms with Gasteiger partial charge in [0.15, 0.2) is 5.78 Å². The number of hydrogen-bond acceptors (Lipinski definition) is 4. The fourth-order valence-corrected chi connectivity index (χ4v) is 2.35. The molecule has 1 fully saturated rings. The number of hydrogen-bond donors (Lipinski definition) is 0. The van der Waals surface area contributed by atoms with E-state index in [1.165, 1.54) is 6.92 Å². The molecule has 18 heavy (non-hydrogen) atoms. The summed E-state index contributed by atoms with van der Waals surface area (Å²) in [6.45, 7) is 5.60. The minimum atomic E-state index is -0.0220. The fraction of sp³-hybridized carbons (Fsp3) is 0.571. The average molecular weight is 249 g/mol. The number of carbonyl (C=O) groups excluding carboxylic acids is 1. The van der Waals surface area contributed by atoms with Crippen LogP contribution in [0.3, 0.4) is 0 Å². The van der Waals surface area contributed by atoms with E-state index in [9.17, 15) is 4.79 Å². The zero-order valence-electron chi connectivity index (χ0n) is 11.1. The molecular weight excluding hydrogens is 230 g/mol. The molecule has 1 aliphatic heterocycles. The van der Waals surface area contributed by atoms with Crippen molar-refractivity contribution in [2.75, 3.05) is 0 Å². The number of ether oxygens (including phenoxy) is 2. The number of rotatable bonds is 3. The summed E-state index contributed by atoms with van der Waals surface area (Å²) < 4.78 is 11.5. The van der Waals surface area contributed by atoms with Gasteiger partial charge in [-0.1, -0.05) is 0 Å². The van der Waals surface area contributed by atoms with Gasteiger partial charge in [0.25, 0.3) is 0 Å². The molecule has 1 aliphatic rings. The zero-order chi connectivity index (χ0) is 13.1. The summed E-state index contributed by atoms with van der Waals surface area (Å²) in [7, 11) is 0. The second-order valence-electron chi connectivity index (χ2n) is 4.88. The van der Waals surface area contributed by atoms with Crippen molar-refractivity contribution in [3.8, 4) is 5.88 Å². The van der Waals surface area contributed by atoms with Gasteiger partial charge in [-0.25, -0.2) is 4.98 Å². The van der Waals surface area contributed by atoms with E-state index in [1.807, 2.05) is 13.8 Å². The Morgan fingerprint density at radius 2 is 2.06 bits per heavy atom. The summed E-state index contributed by atoms with van der Waals surface area (Å²) in [5, 5.41) is 0. The predicted molar refractivity (Wildman–Crippen MR) is 67.9 cm³/mol. The second kappa shape index (κ2) is 5.48. The number of carbonyl (C=O) groups is 1. The first-order chi connectivity index (χ1) is 8.56. The smallest absolute Gasteiger partial charge is 0.224 e. The molecule has 4 heteroatoms. The maximum Gasteiger partial charge on any atom is 0.224 e. The molecule has 0 saturated carbocycles. The number of aromatic nitrogens is 1. The fourth-order valence-electron chi connectivity index (χ4n) is 2.35. The minimum absolute atomic E-state index is 0.0220. The zero-order valence-corrected chi connectivity index (χ0v) is 11.1. The lowest BCUT2D eigenvalue weighted by atomic mass is 10.0. The van der Waals surface area contributed by atoms with Crippen LogP contribution in [-0.4, -0.2) is 29.1 Å². The van der Waals surface area contributed by atoms with E-state index in [0.29, 0.717) is 11.4 Å². The van der Waals surface area contributed by atoms with Gasteiger partial charge in [0.1, 0.15) is 6.10 Å². The normalized spacial score (nSPS) is 27.8. The monoisotopic (exact) mass is 249 g/mol. The standard InChI is InChI=1S/C14H19NO3/c1-9-7-12(8-10(2)17-9)18-14-13(11(3)16)5-4-6-15-14/h4-6,9-10,12H,7-8H2,1-3H3. The third-order valence-electron chi connectivity index (χ3n) is 3.08. The van der Waals surface area contributed by atoms with E-state index < -0.39 is 0 Å². The highest BCUT2D eigenvalue weighted by Gasteiger charge is 2.27. The van der Waals surface area contributed by atoms with Gasteiger partial charge < -0.3 is 9.47 Å². The van der Waals surface area contributed by atoms with Crippen LogP contribution in [0.25, 0.3) is 0 Å². The van der Waals surface area contributed by atoms with Crippen LogP contribution in [0.1, 0.15) is 44.0 Å². The van der Waals surface area contributed by atoms with Gasteiger partial charge >= 0.3 is 0 Å². The molecule has 2 atom stereocenters. The van der Waals surface area contributed by atoms with Crippen molar-refractivity contribution in [1.82, 2.24) is 4.98 Å². The molecule has 0 aliphatic carbocycles. The summed E-state index contributed by atoms with van der Waals surface area (Å²) in [6, 6.07) is 3.50. The highest BCUT2D eigenvalue weighted by Crippen LogP contribution is 2.25. The van der Waals surface area contributed by atoms with Gasteiger partial charge in [0.05, 0.1) is 17.8 Å². The van der Waals surface area contributed by atoms with Gasteiger partial charge in [-0.05, 0) is 32.9 Å². The molecule has 2 rings (SSSR count). The highest BCUT2D eigenvalue weighted by atomic mass is 16.5. The van der Waals surface area contributed by atoms with Crippen molar-refractivity contribution in [2.45, 2.75) is 51.9 Å². The Kier molecular flexibility index (Phi) is 3.97. The Hall–Kier alpha value is -1.42. The van der Waals surface area contributed by atoms with Gasteiger partial charge in [0.2, 0.25) is 5.88 Å². The molecule has 2 unspecified atom stereocenters. The first-order valence-electron chi connectivity index (χ1n) is 6.34. The Labute approximate surface area is 107 Å². The molecule has 1 saturated heterocycles. The molecule has 1 aromatic rings.